The fourth-order valence-corrected chi connectivity index (χ4v) is 2.35. The number of carbonyl (C=O) groups excluding carboxylic acids is 1. The summed E-state index contributed by atoms with van der Waals surface area (Å²) in [4.78, 5) is 15.6. The van der Waals surface area contributed by atoms with E-state index in [2.05, 4.69) is 32.8 Å². The van der Waals surface area contributed by atoms with Gasteiger partial charge < -0.3 is 4.74 Å². The molecule has 3 nitrogen and oxygen atoms in total. The summed E-state index contributed by atoms with van der Waals surface area (Å²) < 4.78 is 6.16. The summed E-state index contributed by atoms with van der Waals surface area (Å²) in [5.41, 5.74) is 0.496. The van der Waals surface area contributed by atoms with Crippen LogP contribution in [0.2, 0.25) is 0 Å². The van der Waals surface area contributed by atoms with Gasteiger partial charge in [0.05, 0.1) is 5.92 Å². The van der Waals surface area contributed by atoms with Gasteiger partial charge in [0.2, 0.25) is 0 Å². The lowest BCUT2D eigenvalue weighted by Gasteiger charge is -2.14. The average Bonchev–Trinajstić information content (AvgIpc) is 2.52. The highest BCUT2D eigenvalue weighted by Gasteiger charge is 2.39. The Morgan fingerprint density at radius 1 is 1.56 bits per heavy atom. The molecule has 0 N–H and O–H groups in total. The van der Waals surface area contributed by atoms with E-state index in [1.807, 2.05) is 19.9 Å². The molecule has 1 aliphatic heterocycles. The topological polar surface area (TPSA) is 39.2 Å². The van der Waals surface area contributed by atoms with Crippen molar-refractivity contribution >= 4 is 21.9 Å². The van der Waals surface area contributed by atoms with Crippen molar-refractivity contribution in [1.82, 2.24) is 4.98 Å². The van der Waals surface area contributed by atoms with Crippen LogP contribution in [0, 0.1) is 17.8 Å². The van der Waals surface area contributed by atoms with Gasteiger partial charge in [-0.3, -0.25) is 9.78 Å². The van der Waals surface area contributed by atoms with Crippen LogP contribution >= 0.6 is 15.9 Å². The molecule has 4 heteroatoms. The van der Waals surface area contributed by atoms with Crippen LogP contribution in [0.3, 0.4) is 0 Å². The predicted molar refractivity (Wildman–Crippen MR) is 71.7 cm³/mol. The summed E-state index contributed by atoms with van der Waals surface area (Å²) in [6, 6.07) is 1.90. The molecule has 0 amide bonds. The van der Waals surface area contributed by atoms with Crippen molar-refractivity contribution in [3.8, 4) is 11.8 Å². The van der Waals surface area contributed by atoms with Crippen LogP contribution in [0.15, 0.2) is 22.9 Å². The Morgan fingerprint density at radius 2 is 2.33 bits per heavy atom. The first-order valence-corrected chi connectivity index (χ1v) is 6.58. The number of hydrogen-bond donors (Lipinski definition) is 0. The molecule has 94 valence electrons. The highest BCUT2D eigenvalue weighted by Crippen LogP contribution is 2.31. The van der Waals surface area contributed by atoms with Crippen molar-refractivity contribution in [2.24, 2.45) is 5.92 Å². The van der Waals surface area contributed by atoms with Gasteiger partial charge in [0.1, 0.15) is 5.60 Å². The number of esters is 1. The third-order valence-corrected chi connectivity index (χ3v) is 3.17. The zero-order valence-electron chi connectivity index (χ0n) is 10.4. The van der Waals surface area contributed by atoms with E-state index in [9.17, 15) is 4.79 Å². The molecule has 1 unspecified atom stereocenters. The largest absolute Gasteiger partial charge is 0.459 e. The second-order valence-corrected chi connectivity index (χ2v) is 5.90. The first kappa shape index (κ1) is 13.1. The van der Waals surface area contributed by atoms with E-state index in [4.69, 9.17) is 4.74 Å². The Labute approximate surface area is 115 Å². The maximum atomic E-state index is 11.6. The van der Waals surface area contributed by atoms with Crippen LogP contribution in [-0.4, -0.2) is 16.6 Å². The fraction of sp³-hybridized carbons (Fsp3) is 0.429. The SMILES string of the molecule is CC1(C)CC(CC#Cc2cncc(Br)c2)C(=O)O1. The van der Waals surface area contributed by atoms with Gasteiger partial charge in [-0.2, -0.15) is 0 Å². The molecule has 1 fully saturated rings. The molecule has 0 saturated carbocycles. The number of hydrogen-bond acceptors (Lipinski definition) is 3. The lowest BCUT2D eigenvalue weighted by atomic mass is 9.95. The van der Waals surface area contributed by atoms with Crippen molar-refractivity contribution in [2.45, 2.75) is 32.3 Å². The minimum atomic E-state index is -0.346. The first-order chi connectivity index (χ1) is 8.46. The second-order valence-electron chi connectivity index (χ2n) is 4.98. The van der Waals surface area contributed by atoms with E-state index in [-0.39, 0.29) is 17.5 Å². The zero-order chi connectivity index (χ0) is 13.2. The first-order valence-electron chi connectivity index (χ1n) is 5.78. The van der Waals surface area contributed by atoms with Gasteiger partial charge in [-0.15, -0.1) is 0 Å². The number of aromatic nitrogens is 1. The fourth-order valence-electron chi connectivity index (χ4n) is 1.99. The summed E-state index contributed by atoms with van der Waals surface area (Å²) in [5.74, 6) is 5.80. The Balaban J connectivity index is 1.99. The van der Waals surface area contributed by atoms with Gasteiger partial charge >= 0.3 is 5.97 Å². The third kappa shape index (κ3) is 3.33. The van der Waals surface area contributed by atoms with Gasteiger partial charge in [0.15, 0.2) is 0 Å². The molecular weight excluding hydrogens is 294 g/mol. The van der Waals surface area contributed by atoms with E-state index in [0.29, 0.717) is 6.42 Å². The van der Waals surface area contributed by atoms with Crippen molar-refractivity contribution in [3.63, 3.8) is 0 Å². The van der Waals surface area contributed by atoms with E-state index < -0.39 is 0 Å². The monoisotopic (exact) mass is 307 g/mol. The minimum Gasteiger partial charge on any atom is -0.459 e. The highest BCUT2D eigenvalue weighted by molar-refractivity contribution is 9.10. The Kier molecular flexibility index (Phi) is 3.72. The molecule has 0 aromatic carbocycles. The normalized spacial score (nSPS) is 21.1. The van der Waals surface area contributed by atoms with Gasteiger partial charge in [0, 0.05) is 35.3 Å². The lowest BCUT2D eigenvalue weighted by molar-refractivity contribution is -0.148. The molecule has 1 aliphatic rings. The second kappa shape index (κ2) is 5.11. The summed E-state index contributed by atoms with van der Waals surface area (Å²) in [7, 11) is 0. The van der Waals surface area contributed by atoms with Crippen LogP contribution in [0.4, 0.5) is 0 Å². The lowest BCUT2D eigenvalue weighted by Crippen LogP contribution is -2.17. The minimum absolute atomic E-state index is 0.104. The smallest absolute Gasteiger partial charge is 0.310 e. The molecule has 0 radical (unpaired) electrons. The molecule has 0 aliphatic carbocycles. The summed E-state index contributed by atoms with van der Waals surface area (Å²) >= 11 is 3.34. The van der Waals surface area contributed by atoms with Crippen molar-refractivity contribution in [2.75, 3.05) is 0 Å². The molecule has 1 aromatic heterocycles. The standard InChI is InChI=1S/C14H14BrNO2/c1-14(2)7-11(13(17)18-14)5-3-4-10-6-12(15)9-16-8-10/h6,8-9,11H,5,7H2,1-2H3. The molecule has 0 bridgehead atoms. The molecule has 2 heterocycles. The third-order valence-electron chi connectivity index (χ3n) is 2.73. The predicted octanol–water partition coefficient (Wildman–Crippen LogP) is 2.93. The number of nitrogens with zero attached hydrogens (tertiary/aromatic N) is 1. The number of cyclic esters (lactones) is 1. The van der Waals surface area contributed by atoms with Crippen LogP contribution < -0.4 is 0 Å². The van der Waals surface area contributed by atoms with Gasteiger partial charge in [-0.1, -0.05) is 11.8 Å². The van der Waals surface area contributed by atoms with E-state index in [0.717, 1.165) is 16.5 Å². The summed E-state index contributed by atoms with van der Waals surface area (Å²) in [6.07, 6.45) is 4.68. The van der Waals surface area contributed by atoms with Gasteiger partial charge in [0.25, 0.3) is 0 Å². The van der Waals surface area contributed by atoms with E-state index in [1.54, 1.807) is 12.4 Å². The Morgan fingerprint density at radius 3 is 2.94 bits per heavy atom. The van der Waals surface area contributed by atoms with E-state index in [1.165, 1.54) is 0 Å². The summed E-state index contributed by atoms with van der Waals surface area (Å²) in [6.45, 7) is 3.85. The number of rotatable bonds is 1. The molecule has 1 atom stereocenters. The van der Waals surface area contributed by atoms with E-state index >= 15 is 0 Å². The quantitative estimate of drug-likeness (QED) is 0.591. The summed E-state index contributed by atoms with van der Waals surface area (Å²) in [5, 5.41) is 0. The van der Waals surface area contributed by atoms with Crippen LogP contribution in [0.25, 0.3) is 0 Å². The molecule has 1 saturated heterocycles. The number of ether oxygens (including phenoxy) is 1. The van der Waals surface area contributed by atoms with Crippen LogP contribution in [0.1, 0.15) is 32.3 Å². The molecule has 1 aromatic rings. The average molecular weight is 308 g/mol. The molecule has 0 spiro atoms. The molecule has 18 heavy (non-hydrogen) atoms. The van der Waals surface area contributed by atoms with Crippen LogP contribution in [-0.2, 0) is 9.53 Å². The Bertz CT molecular complexity index is 528. The van der Waals surface area contributed by atoms with Crippen molar-refractivity contribution in [1.29, 1.82) is 0 Å². The van der Waals surface area contributed by atoms with Gasteiger partial charge in [-0.25, -0.2) is 0 Å². The van der Waals surface area contributed by atoms with Crippen molar-refractivity contribution in [3.05, 3.63) is 28.5 Å². The number of pyridine rings is 1. The highest BCUT2D eigenvalue weighted by atomic mass is 79.9. The molecule has 2 rings (SSSR count). The number of carbonyl (C=O) groups is 1. The Hall–Kier alpha value is -1.34. The maximum absolute atomic E-state index is 11.6. The van der Waals surface area contributed by atoms with Gasteiger partial charge in [-0.05, 0) is 35.8 Å². The van der Waals surface area contributed by atoms with Crippen molar-refractivity contribution < 1.29 is 9.53 Å². The maximum Gasteiger partial charge on any atom is 0.310 e. The van der Waals surface area contributed by atoms with Crippen LogP contribution in [0.5, 0.6) is 0 Å². The number of halogens is 1. The zero-order valence-corrected chi connectivity index (χ0v) is 12.0. The molecular formula is C14H14BrNO2.